The fourth-order valence-corrected chi connectivity index (χ4v) is 4.60. The second kappa shape index (κ2) is 3.99. The van der Waals surface area contributed by atoms with Gasteiger partial charge in [-0.3, -0.25) is 0 Å². The van der Waals surface area contributed by atoms with Crippen molar-refractivity contribution in [1.82, 2.24) is 4.98 Å². The average Bonchev–Trinajstić information content (AvgIpc) is 2.81. The van der Waals surface area contributed by atoms with Crippen LogP contribution in [0.1, 0.15) is 42.7 Å². The van der Waals surface area contributed by atoms with Gasteiger partial charge < -0.3 is 14.3 Å². The molecule has 0 atom stereocenters. The third-order valence-corrected chi connectivity index (χ3v) is 5.07. The predicted octanol–water partition coefficient (Wildman–Crippen LogP) is 2.58. The van der Waals surface area contributed by atoms with Gasteiger partial charge in [-0.2, -0.15) is 4.98 Å². The van der Waals surface area contributed by atoms with Gasteiger partial charge in [-0.05, 0) is 55.8 Å². The van der Waals surface area contributed by atoms with Crippen LogP contribution < -0.4 is 4.74 Å². The number of hydrogen-bond acceptors (Lipinski definition) is 4. The van der Waals surface area contributed by atoms with Crippen molar-refractivity contribution in [3.05, 3.63) is 12.0 Å². The van der Waals surface area contributed by atoms with Gasteiger partial charge in [0.1, 0.15) is 6.10 Å². The SMILES string of the molecule is O=C(O)c1cnc(OC2C3CC4CC(C3)CC2C4)o1. The number of carboxylic acid groups (broad SMARTS) is 1. The molecule has 4 aliphatic carbocycles. The molecule has 1 heterocycles. The molecular formula is C14H17NO4. The minimum absolute atomic E-state index is 0.120. The molecule has 102 valence electrons. The molecule has 5 nitrogen and oxygen atoms in total. The van der Waals surface area contributed by atoms with Gasteiger partial charge in [0.05, 0.1) is 6.20 Å². The van der Waals surface area contributed by atoms with E-state index in [0.29, 0.717) is 11.8 Å². The Kier molecular flexibility index (Phi) is 2.37. The number of carboxylic acids is 1. The lowest BCUT2D eigenvalue weighted by atomic mass is 9.55. The molecule has 0 aromatic carbocycles. The molecule has 0 saturated heterocycles. The topological polar surface area (TPSA) is 72.6 Å². The standard InChI is InChI=1S/C14H17NO4/c16-13(17)11-6-15-14(18-11)19-12-9-2-7-1-8(4-9)5-10(12)3-7/h6-10,12H,1-5H2,(H,16,17). The quantitative estimate of drug-likeness (QED) is 0.907. The summed E-state index contributed by atoms with van der Waals surface area (Å²) in [5.74, 6) is 1.74. The van der Waals surface area contributed by atoms with Crippen molar-refractivity contribution in [2.45, 2.75) is 38.2 Å². The van der Waals surface area contributed by atoms with Gasteiger partial charge in [-0.1, -0.05) is 0 Å². The summed E-state index contributed by atoms with van der Waals surface area (Å²) in [6.45, 7) is 0. The van der Waals surface area contributed by atoms with Crippen molar-refractivity contribution in [3.8, 4) is 6.08 Å². The van der Waals surface area contributed by atoms with E-state index < -0.39 is 5.97 Å². The summed E-state index contributed by atoms with van der Waals surface area (Å²) in [5, 5.41) is 8.82. The zero-order valence-electron chi connectivity index (χ0n) is 10.6. The number of carbonyl (C=O) groups is 1. The van der Waals surface area contributed by atoms with Crippen LogP contribution in [0.15, 0.2) is 10.6 Å². The lowest BCUT2D eigenvalue weighted by Crippen LogP contribution is -2.50. The maximum absolute atomic E-state index is 10.8. The molecular weight excluding hydrogens is 246 g/mol. The minimum atomic E-state index is -1.10. The van der Waals surface area contributed by atoms with Crippen LogP contribution in [0.4, 0.5) is 0 Å². The van der Waals surface area contributed by atoms with E-state index in [-0.39, 0.29) is 17.9 Å². The number of rotatable bonds is 3. The first-order valence-corrected chi connectivity index (χ1v) is 7.05. The molecule has 0 unspecified atom stereocenters. The molecule has 1 aromatic heterocycles. The van der Waals surface area contributed by atoms with E-state index in [1.165, 1.54) is 38.3 Å². The fourth-order valence-electron chi connectivity index (χ4n) is 4.60. The van der Waals surface area contributed by atoms with Crippen molar-refractivity contribution in [2.24, 2.45) is 23.7 Å². The molecule has 4 fully saturated rings. The van der Waals surface area contributed by atoms with Crippen LogP contribution >= 0.6 is 0 Å². The summed E-state index contributed by atoms with van der Waals surface area (Å²) in [7, 11) is 0. The average molecular weight is 263 g/mol. The van der Waals surface area contributed by atoms with Gasteiger partial charge in [-0.25, -0.2) is 4.79 Å². The first kappa shape index (κ1) is 11.3. The molecule has 19 heavy (non-hydrogen) atoms. The number of aromatic nitrogens is 1. The second-order valence-electron chi connectivity index (χ2n) is 6.31. The Morgan fingerprint density at radius 1 is 1.21 bits per heavy atom. The highest BCUT2D eigenvalue weighted by Gasteiger charge is 2.49. The minimum Gasteiger partial charge on any atom is -0.475 e. The zero-order valence-corrected chi connectivity index (χ0v) is 10.6. The lowest BCUT2D eigenvalue weighted by Gasteiger charge is -2.53. The third kappa shape index (κ3) is 1.83. The van der Waals surface area contributed by atoms with E-state index in [9.17, 15) is 4.79 Å². The van der Waals surface area contributed by atoms with Crippen LogP contribution in [0.2, 0.25) is 0 Å². The Hall–Kier alpha value is -1.52. The lowest BCUT2D eigenvalue weighted by molar-refractivity contribution is -0.0882. The van der Waals surface area contributed by atoms with Crippen LogP contribution in [0, 0.1) is 23.7 Å². The first-order valence-electron chi connectivity index (χ1n) is 7.05. The fraction of sp³-hybridized carbons (Fsp3) is 0.714. The molecule has 5 heteroatoms. The van der Waals surface area contributed by atoms with Crippen molar-refractivity contribution in [3.63, 3.8) is 0 Å². The van der Waals surface area contributed by atoms with Gasteiger partial charge in [0.15, 0.2) is 0 Å². The Morgan fingerprint density at radius 2 is 1.84 bits per heavy atom. The smallest absolute Gasteiger partial charge is 0.394 e. The van der Waals surface area contributed by atoms with E-state index in [2.05, 4.69) is 4.98 Å². The molecule has 0 amide bonds. The summed E-state index contributed by atoms with van der Waals surface area (Å²) in [6.07, 6.45) is 7.93. The number of nitrogens with zero attached hydrogens (tertiary/aromatic N) is 1. The highest BCUT2D eigenvalue weighted by molar-refractivity contribution is 5.83. The summed E-state index contributed by atoms with van der Waals surface area (Å²) in [4.78, 5) is 14.7. The maximum Gasteiger partial charge on any atom is 0.394 e. The van der Waals surface area contributed by atoms with E-state index >= 15 is 0 Å². The maximum atomic E-state index is 10.8. The van der Waals surface area contributed by atoms with Crippen molar-refractivity contribution in [1.29, 1.82) is 0 Å². The van der Waals surface area contributed by atoms with Gasteiger partial charge >= 0.3 is 12.0 Å². The largest absolute Gasteiger partial charge is 0.475 e. The molecule has 4 aliphatic rings. The first-order chi connectivity index (χ1) is 9.19. The van der Waals surface area contributed by atoms with Crippen molar-refractivity contribution < 1.29 is 19.1 Å². The highest BCUT2D eigenvalue weighted by atomic mass is 16.6. The zero-order chi connectivity index (χ0) is 13.0. The van der Waals surface area contributed by atoms with Crippen LogP contribution in [-0.2, 0) is 0 Å². The van der Waals surface area contributed by atoms with Crippen LogP contribution in [0.3, 0.4) is 0 Å². The summed E-state index contributed by atoms with van der Waals surface area (Å²) in [6, 6.07) is 0. The highest BCUT2D eigenvalue weighted by Crippen LogP contribution is 2.54. The molecule has 4 saturated carbocycles. The van der Waals surface area contributed by atoms with Gasteiger partial charge in [0.2, 0.25) is 5.76 Å². The van der Waals surface area contributed by atoms with Crippen molar-refractivity contribution in [2.75, 3.05) is 0 Å². The summed E-state index contributed by atoms with van der Waals surface area (Å²) < 4.78 is 11.0. The van der Waals surface area contributed by atoms with Gasteiger partial charge in [0, 0.05) is 0 Å². The third-order valence-electron chi connectivity index (χ3n) is 5.07. The molecule has 0 spiro atoms. The molecule has 0 radical (unpaired) electrons. The number of ether oxygens (including phenoxy) is 1. The van der Waals surface area contributed by atoms with Crippen molar-refractivity contribution >= 4 is 5.97 Å². The van der Waals surface area contributed by atoms with E-state index in [1.54, 1.807) is 0 Å². The Bertz CT molecular complexity index is 481. The second-order valence-corrected chi connectivity index (χ2v) is 6.31. The van der Waals surface area contributed by atoms with Gasteiger partial charge in [-0.15, -0.1) is 0 Å². The van der Waals surface area contributed by atoms with Crippen LogP contribution in [-0.4, -0.2) is 22.2 Å². The Morgan fingerprint density at radius 3 is 2.37 bits per heavy atom. The molecule has 5 rings (SSSR count). The summed E-state index contributed by atoms with van der Waals surface area (Å²) in [5.41, 5.74) is 0. The molecule has 1 aromatic rings. The van der Waals surface area contributed by atoms with Crippen LogP contribution in [0.25, 0.3) is 0 Å². The Balaban J connectivity index is 1.51. The summed E-state index contributed by atoms with van der Waals surface area (Å²) >= 11 is 0. The normalized spacial score (nSPS) is 39.5. The molecule has 4 bridgehead atoms. The number of oxazole rings is 1. The number of aromatic carboxylic acids is 1. The van der Waals surface area contributed by atoms with E-state index in [1.807, 2.05) is 0 Å². The van der Waals surface area contributed by atoms with Crippen LogP contribution in [0.5, 0.6) is 6.08 Å². The Labute approximate surface area is 111 Å². The molecule has 1 N–H and O–H groups in total. The monoisotopic (exact) mass is 263 g/mol. The van der Waals surface area contributed by atoms with E-state index in [0.717, 1.165) is 11.8 Å². The predicted molar refractivity (Wildman–Crippen MR) is 64.9 cm³/mol. The molecule has 0 aliphatic heterocycles. The van der Waals surface area contributed by atoms with E-state index in [4.69, 9.17) is 14.3 Å². The number of hydrogen-bond donors (Lipinski definition) is 1. The van der Waals surface area contributed by atoms with Gasteiger partial charge in [0.25, 0.3) is 0 Å².